The van der Waals surface area contributed by atoms with Gasteiger partial charge in [0.2, 0.25) is 0 Å². The number of benzene rings is 1. The maximum absolute atomic E-state index is 10.2. The lowest BCUT2D eigenvalue weighted by atomic mass is 10.1. The molecule has 0 aliphatic carbocycles. The molecule has 0 amide bonds. The third-order valence-electron chi connectivity index (χ3n) is 4.15. The minimum Gasteiger partial charge on any atom is -0.507 e. The molecule has 0 radical (unpaired) electrons. The lowest BCUT2D eigenvalue weighted by molar-refractivity contribution is 0.477. The van der Waals surface area contributed by atoms with Crippen molar-refractivity contribution in [2.75, 3.05) is 31.1 Å². The van der Waals surface area contributed by atoms with Gasteiger partial charge in [0, 0.05) is 31.4 Å². The van der Waals surface area contributed by atoms with E-state index in [0.29, 0.717) is 16.7 Å². The van der Waals surface area contributed by atoms with Crippen LogP contribution in [0.15, 0.2) is 35.9 Å². The number of anilines is 1. The van der Waals surface area contributed by atoms with Gasteiger partial charge in [0.15, 0.2) is 5.82 Å². The van der Waals surface area contributed by atoms with Crippen molar-refractivity contribution in [1.82, 2.24) is 15.3 Å². The number of phenols is 1. The SMILES string of the molecule is C=c1nc(-c2ccccc2O)nc(N2CCNCC2)/c1=C/C=C(C)C. The molecule has 2 N–H and O–H groups in total. The first kappa shape index (κ1) is 17.2. The van der Waals surface area contributed by atoms with E-state index in [1.165, 1.54) is 5.57 Å². The minimum atomic E-state index is 0.175. The number of allylic oxidation sites excluding steroid dienone is 2. The van der Waals surface area contributed by atoms with Gasteiger partial charge in [0.1, 0.15) is 11.6 Å². The van der Waals surface area contributed by atoms with Crippen molar-refractivity contribution in [3.05, 3.63) is 46.5 Å². The van der Waals surface area contributed by atoms with Gasteiger partial charge < -0.3 is 15.3 Å². The molecule has 0 saturated carbocycles. The van der Waals surface area contributed by atoms with E-state index in [9.17, 15) is 5.11 Å². The molecule has 5 heteroatoms. The zero-order valence-corrected chi connectivity index (χ0v) is 14.8. The molecule has 0 unspecified atom stereocenters. The normalized spacial score (nSPS) is 15.3. The molecule has 1 aromatic carbocycles. The molecule has 1 saturated heterocycles. The van der Waals surface area contributed by atoms with E-state index >= 15 is 0 Å². The van der Waals surface area contributed by atoms with E-state index < -0.39 is 0 Å². The molecule has 25 heavy (non-hydrogen) atoms. The Morgan fingerprint density at radius 1 is 1.20 bits per heavy atom. The molecule has 3 rings (SSSR count). The van der Waals surface area contributed by atoms with Crippen LogP contribution in [0.5, 0.6) is 5.75 Å². The first-order chi connectivity index (χ1) is 12.1. The maximum Gasteiger partial charge on any atom is 0.165 e. The van der Waals surface area contributed by atoms with Gasteiger partial charge in [0.05, 0.1) is 10.9 Å². The predicted molar refractivity (Wildman–Crippen MR) is 103 cm³/mol. The fourth-order valence-electron chi connectivity index (χ4n) is 2.82. The number of rotatable bonds is 3. The van der Waals surface area contributed by atoms with Crippen LogP contribution in [0.3, 0.4) is 0 Å². The second-order valence-electron chi connectivity index (χ2n) is 6.40. The average Bonchev–Trinajstić information content (AvgIpc) is 2.61. The highest BCUT2D eigenvalue weighted by atomic mass is 16.3. The topological polar surface area (TPSA) is 61.3 Å². The van der Waals surface area contributed by atoms with Crippen molar-refractivity contribution in [2.24, 2.45) is 0 Å². The first-order valence-electron chi connectivity index (χ1n) is 8.52. The van der Waals surface area contributed by atoms with E-state index in [1.807, 2.05) is 18.2 Å². The fraction of sp³-hybridized carbons (Fsp3) is 0.300. The molecule has 2 heterocycles. The smallest absolute Gasteiger partial charge is 0.165 e. The van der Waals surface area contributed by atoms with Crippen LogP contribution in [-0.2, 0) is 0 Å². The first-order valence-corrected chi connectivity index (χ1v) is 8.52. The Balaban J connectivity index is 2.20. The van der Waals surface area contributed by atoms with Gasteiger partial charge in [-0.3, -0.25) is 0 Å². The van der Waals surface area contributed by atoms with Crippen molar-refractivity contribution in [2.45, 2.75) is 13.8 Å². The van der Waals surface area contributed by atoms with Gasteiger partial charge in [0.25, 0.3) is 0 Å². The number of hydrogen-bond acceptors (Lipinski definition) is 5. The van der Waals surface area contributed by atoms with Crippen LogP contribution in [-0.4, -0.2) is 41.3 Å². The lowest BCUT2D eigenvalue weighted by Gasteiger charge is -2.29. The monoisotopic (exact) mass is 336 g/mol. The standard InChI is InChI=1S/C20H24N4O/c1-14(2)8-9-16-15(3)22-19(17-6-4-5-7-18(17)25)23-20(16)24-12-10-21-11-13-24/h4-9,21,25H,3,10-13H2,1-2H3/b16-9+. The Hall–Kier alpha value is -2.66. The summed E-state index contributed by atoms with van der Waals surface area (Å²) in [6, 6.07) is 7.13. The number of aromatic nitrogens is 2. The van der Waals surface area contributed by atoms with Crippen molar-refractivity contribution in [3.63, 3.8) is 0 Å². The Labute approximate surface area is 148 Å². The van der Waals surface area contributed by atoms with Crippen LogP contribution in [0.2, 0.25) is 0 Å². The average molecular weight is 336 g/mol. The predicted octanol–water partition coefficient (Wildman–Crippen LogP) is 1.42. The van der Waals surface area contributed by atoms with Crippen LogP contribution in [0.4, 0.5) is 5.82 Å². The van der Waals surface area contributed by atoms with E-state index in [0.717, 1.165) is 37.2 Å². The summed E-state index contributed by atoms with van der Waals surface area (Å²) in [5, 5.41) is 15.1. The Kier molecular flexibility index (Phi) is 5.14. The maximum atomic E-state index is 10.2. The largest absolute Gasteiger partial charge is 0.507 e. The second kappa shape index (κ2) is 7.49. The van der Waals surface area contributed by atoms with Crippen molar-refractivity contribution < 1.29 is 5.11 Å². The zero-order valence-electron chi connectivity index (χ0n) is 14.8. The van der Waals surface area contributed by atoms with Crippen LogP contribution >= 0.6 is 0 Å². The molecule has 5 nitrogen and oxygen atoms in total. The highest BCUT2D eigenvalue weighted by molar-refractivity contribution is 5.65. The van der Waals surface area contributed by atoms with Crippen LogP contribution in [0, 0.1) is 0 Å². The highest BCUT2D eigenvalue weighted by Gasteiger charge is 2.16. The fourth-order valence-corrected chi connectivity index (χ4v) is 2.82. The third kappa shape index (κ3) is 3.88. The van der Waals surface area contributed by atoms with Crippen LogP contribution in [0.1, 0.15) is 13.8 Å². The summed E-state index contributed by atoms with van der Waals surface area (Å²) in [5.41, 5.74) is 1.83. The number of para-hydroxylation sites is 1. The van der Waals surface area contributed by atoms with E-state index in [2.05, 4.69) is 41.7 Å². The lowest BCUT2D eigenvalue weighted by Crippen LogP contribution is -2.47. The number of nitrogens with zero attached hydrogens (tertiary/aromatic N) is 3. The van der Waals surface area contributed by atoms with E-state index in [-0.39, 0.29) is 5.75 Å². The molecule has 130 valence electrons. The van der Waals surface area contributed by atoms with Crippen LogP contribution < -0.4 is 20.8 Å². The minimum absolute atomic E-state index is 0.175. The van der Waals surface area contributed by atoms with Gasteiger partial charge in [-0.2, -0.15) is 0 Å². The number of nitrogens with one attached hydrogen (secondary N) is 1. The molecular formula is C20H24N4O. The molecule has 2 aromatic rings. The van der Waals surface area contributed by atoms with Crippen molar-refractivity contribution >= 4 is 18.5 Å². The van der Waals surface area contributed by atoms with E-state index in [1.54, 1.807) is 12.1 Å². The van der Waals surface area contributed by atoms with Gasteiger partial charge in [-0.05, 0) is 32.1 Å². The molecule has 1 aliphatic heterocycles. The summed E-state index contributed by atoms with van der Waals surface area (Å²) in [6.45, 7) is 11.9. The summed E-state index contributed by atoms with van der Waals surface area (Å²) in [5.74, 6) is 1.55. The number of aromatic hydroxyl groups is 1. The third-order valence-corrected chi connectivity index (χ3v) is 4.15. The molecule has 1 aromatic heterocycles. The van der Waals surface area contributed by atoms with Crippen molar-refractivity contribution in [1.29, 1.82) is 0 Å². The zero-order chi connectivity index (χ0) is 17.8. The highest BCUT2D eigenvalue weighted by Crippen LogP contribution is 2.25. The molecule has 1 fully saturated rings. The van der Waals surface area contributed by atoms with Crippen molar-refractivity contribution in [3.8, 4) is 17.1 Å². The van der Waals surface area contributed by atoms with Gasteiger partial charge in [-0.25, -0.2) is 9.97 Å². The molecule has 0 spiro atoms. The summed E-state index contributed by atoms with van der Waals surface area (Å²) in [6.07, 6.45) is 4.09. The van der Waals surface area contributed by atoms with Crippen LogP contribution in [0.25, 0.3) is 24.0 Å². The molecule has 0 atom stereocenters. The summed E-state index contributed by atoms with van der Waals surface area (Å²) in [4.78, 5) is 11.6. The van der Waals surface area contributed by atoms with Gasteiger partial charge >= 0.3 is 0 Å². The number of piperazine rings is 1. The molecule has 0 bridgehead atoms. The number of hydrogen-bond donors (Lipinski definition) is 2. The number of phenolic OH excluding ortho intramolecular Hbond substituents is 1. The Morgan fingerprint density at radius 3 is 2.60 bits per heavy atom. The second-order valence-corrected chi connectivity index (χ2v) is 6.40. The summed E-state index contributed by atoms with van der Waals surface area (Å²) in [7, 11) is 0. The van der Waals surface area contributed by atoms with Gasteiger partial charge in [-0.15, -0.1) is 0 Å². The quantitative estimate of drug-likeness (QED) is 0.888. The Morgan fingerprint density at radius 2 is 1.92 bits per heavy atom. The Bertz CT molecular complexity index is 894. The van der Waals surface area contributed by atoms with E-state index in [4.69, 9.17) is 4.98 Å². The molecular weight excluding hydrogens is 312 g/mol. The van der Waals surface area contributed by atoms with Gasteiger partial charge in [-0.1, -0.05) is 30.4 Å². The summed E-state index contributed by atoms with van der Waals surface area (Å²) >= 11 is 0. The molecule has 1 aliphatic rings. The summed E-state index contributed by atoms with van der Waals surface area (Å²) < 4.78 is 0.